The van der Waals surface area contributed by atoms with E-state index in [1.54, 1.807) is 36.4 Å². The van der Waals surface area contributed by atoms with Crippen molar-refractivity contribution in [2.45, 2.75) is 0 Å². The number of rotatable bonds is 6. The van der Waals surface area contributed by atoms with Crippen LogP contribution in [0.15, 0.2) is 84.9 Å². The maximum Gasteiger partial charge on any atom is 0.129 e. The van der Waals surface area contributed by atoms with Crippen molar-refractivity contribution >= 4 is 34.6 Å². The normalized spacial score (nSPS) is 10.5. The van der Waals surface area contributed by atoms with Crippen molar-refractivity contribution in [2.75, 3.05) is 11.5 Å². The number of ether oxygens (including phenoxy) is 3. The third-order valence-corrected chi connectivity index (χ3v) is 4.95. The van der Waals surface area contributed by atoms with Gasteiger partial charge in [0.25, 0.3) is 0 Å². The largest absolute Gasteiger partial charge is 0.457 e. The summed E-state index contributed by atoms with van der Waals surface area (Å²) in [6.45, 7) is 0. The minimum Gasteiger partial charge on any atom is -0.457 e. The molecule has 4 rings (SSSR count). The van der Waals surface area contributed by atoms with Crippen molar-refractivity contribution in [3.63, 3.8) is 0 Å². The molecule has 4 aromatic carbocycles. The molecule has 0 atom stereocenters. The van der Waals surface area contributed by atoms with Gasteiger partial charge in [0.2, 0.25) is 0 Å². The molecule has 0 radical (unpaired) electrons. The fourth-order valence-electron chi connectivity index (χ4n) is 2.70. The van der Waals surface area contributed by atoms with Crippen LogP contribution in [0.4, 0.5) is 11.4 Å². The zero-order valence-corrected chi connectivity index (χ0v) is 17.7. The Balaban J connectivity index is 1.37. The SMILES string of the molecule is Nc1ccc(Oc2ccc(Oc3ccc(Oc4ccc(N)c(Cl)c4)cc3)cc2)cc1Cl. The van der Waals surface area contributed by atoms with Crippen molar-refractivity contribution in [3.05, 3.63) is 95.0 Å². The van der Waals surface area contributed by atoms with Gasteiger partial charge in [-0.15, -0.1) is 0 Å². The lowest BCUT2D eigenvalue weighted by molar-refractivity contribution is 0.464. The van der Waals surface area contributed by atoms with E-state index in [2.05, 4.69) is 0 Å². The second kappa shape index (κ2) is 9.08. The van der Waals surface area contributed by atoms with Gasteiger partial charge < -0.3 is 25.7 Å². The molecule has 0 spiro atoms. The fourth-order valence-corrected chi connectivity index (χ4v) is 3.04. The number of anilines is 2. The smallest absolute Gasteiger partial charge is 0.129 e. The van der Waals surface area contributed by atoms with Gasteiger partial charge in [-0.3, -0.25) is 0 Å². The molecule has 5 nitrogen and oxygen atoms in total. The van der Waals surface area contributed by atoms with Crippen LogP contribution in [-0.2, 0) is 0 Å². The van der Waals surface area contributed by atoms with Crippen LogP contribution in [0.1, 0.15) is 0 Å². The molecule has 4 aromatic rings. The monoisotopic (exact) mass is 452 g/mol. The number of nitrogen functional groups attached to an aromatic ring is 2. The van der Waals surface area contributed by atoms with E-state index >= 15 is 0 Å². The molecule has 7 heteroatoms. The summed E-state index contributed by atoms with van der Waals surface area (Å²) >= 11 is 12.0. The summed E-state index contributed by atoms with van der Waals surface area (Å²) in [5.41, 5.74) is 12.4. The third kappa shape index (κ3) is 5.34. The van der Waals surface area contributed by atoms with Crippen molar-refractivity contribution in [3.8, 4) is 34.5 Å². The summed E-state index contributed by atoms with van der Waals surface area (Å²) in [6.07, 6.45) is 0. The Bertz CT molecular complexity index is 1100. The van der Waals surface area contributed by atoms with Crippen LogP contribution in [-0.4, -0.2) is 0 Å². The molecular formula is C24H18Cl2N2O3. The molecule has 0 heterocycles. The molecule has 0 fully saturated rings. The molecule has 0 aromatic heterocycles. The van der Waals surface area contributed by atoms with Crippen LogP contribution in [0.25, 0.3) is 0 Å². The highest BCUT2D eigenvalue weighted by atomic mass is 35.5. The van der Waals surface area contributed by atoms with E-state index in [0.717, 1.165) is 0 Å². The molecule has 0 bridgehead atoms. The van der Waals surface area contributed by atoms with Crippen LogP contribution in [0.3, 0.4) is 0 Å². The first-order valence-corrected chi connectivity index (χ1v) is 10.1. The average molecular weight is 453 g/mol. The molecule has 4 N–H and O–H groups in total. The van der Waals surface area contributed by atoms with Crippen LogP contribution >= 0.6 is 23.2 Å². The van der Waals surface area contributed by atoms with Crippen molar-refractivity contribution < 1.29 is 14.2 Å². The topological polar surface area (TPSA) is 79.7 Å². The molecule has 156 valence electrons. The number of hydrogen-bond donors (Lipinski definition) is 2. The Morgan fingerprint density at radius 3 is 0.968 bits per heavy atom. The van der Waals surface area contributed by atoms with Gasteiger partial charge in [-0.2, -0.15) is 0 Å². The number of halogens is 2. The predicted molar refractivity (Wildman–Crippen MR) is 125 cm³/mol. The molecule has 0 aliphatic rings. The molecule has 0 unspecified atom stereocenters. The minimum atomic E-state index is 0.448. The second-order valence-electron chi connectivity index (χ2n) is 6.62. The summed E-state index contributed by atoms with van der Waals surface area (Å²) in [5.74, 6) is 3.85. The maximum atomic E-state index is 6.02. The molecule has 0 aliphatic carbocycles. The van der Waals surface area contributed by atoms with E-state index in [0.29, 0.717) is 55.9 Å². The molecular weight excluding hydrogens is 435 g/mol. The summed E-state index contributed by atoms with van der Waals surface area (Å²) < 4.78 is 17.4. The van der Waals surface area contributed by atoms with Gasteiger partial charge in [-0.1, -0.05) is 23.2 Å². The zero-order chi connectivity index (χ0) is 21.8. The summed E-state index contributed by atoms with van der Waals surface area (Å²) in [5, 5.41) is 0.897. The minimum absolute atomic E-state index is 0.448. The van der Waals surface area contributed by atoms with Crippen molar-refractivity contribution in [1.29, 1.82) is 0 Å². The van der Waals surface area contributed by atoms with E-state index in [4.69, 9.17) is 48.9 Å². The highest BCUT2D eigenvalue weighted by Crippen LogP contribution is 2.32. The lowest BCUT2D eigenvalue weighted by Gasteiger charge is -2.10. The first kappa shape index (κ1) is 20.7. The van der Waals surface area contributed by atoms with E-state index in [9.17, 15) is 0 Å². The Hall–Kier alpha value is -3.54. The zero-order valence-electron chi connectivity index (χ0n) is 16.2. The lowest BCUT2D eigenvalue weighted by Crippen LogP contribution is -1.90. The molecule has 31 heavy (non-hydrogen) atoms. The van der Waals surface area contributed by atoms with Crippen LogP contribution in [0.5, 0.6) is 34.5 Å². The maximum absolute atomic E-state index is 6.02. The number of benzene rings is 4. The second-order valence-corrected chi connectivity index (χ2v) is 7.43. The lowest BCUT2D eigenvalue weighted by atomic mass is 10.3. The van der Waals surface area contributed by atoms with Gasteiger partial charge in [-0.05, 0) is 72.8 Å². The van der Waals surface area contributed by atoms with Gasteiger partial charge in [-0.25, -0.2) is 0 Å². The van der Waals surface area contributed by atoms with Gasteiger partial charge in [0.1, 0.15) is 34.5 Å². The third-order valence-electron chi connectivity index (χ3n) is 4.30. The average Bonchev–Trinajstić information content (AvgIpc) is 2.76. The standard InChI is InChI=1S/C24H18Cl2N2O3/c25-21-13-19(9-11-23(21)27)30-17-5-1-15(2-6-17)29-16-3-7-18(8-4-16)31-20-10-12-24(28)22(26)14-20/h1-14H,27-28H2. The summed E-state index contributed by atoms with van der Waals surface area (Å²) in [7, 11) is 0. The van der Waals surface area contributed by atoms with Crippen molar-refractivity contribution in [2.24, 2.45) is 0 Å². The Morgan fingerprint density at radius 1 is 0.419 bits per heavy atom. The van der Waals surface area contributed by atoms with Gasteiger partial charge in [0.15, 0.2) is 0 Å². The van der Waals surface area contributed by atoms with Gasteiger partial charge in [0.05, 0.1) is 21.4 Å². The van der Waals surface area contributed by atoms with Crippen LogP contribution in [0, 0.1) is 0 Å². The first-order chi connectivity index (χ1) is 15.0. The van der Waals surface area contributed by atoms with Gasteiger partial charge in [0, 0.05) is 12.1 Å². The van der Waals surface area contributed by atoms with Crippen LogP contribution < -0.4 is 25.7 Å². The van der Waals surface area contributed by atoms with E-state index < -0.39 is 0 Å². The van der Waals surface area contributed by atoms with Crippen molar-refractivity contribution in [1.82, 2.24) is 0 Å². The Morgan fingerprint density at radius 2 is 0.677 bits per heavy atom. The first-order valence-electron chi connectivity index (χ1n) is 9.30. The Labute approximate surface area is 189 Å². The molecule has 0 amide bonds. The van der Waals surface area contributed by atoms with Crippen LogP contribution in [0.2, 0.25) is 10.0 Å². The molecule has 0 saturated heterocycles. The summed E-state index contributed by atoms with van der Waals surface area (Å²) in [4.78, 5) is 0. The quantitative estimate of drug-likeness (QED) is 0.295. The predicted octanol–water partition coefficient (Wildman–Crippen LogP) is 7.53. The number of hydrogen-bond acceptors (Lipinski definition) is 5. The fraction of sp³-hybridized carbons (Fsp3) is 0. The number of nitrogens with two attached hydrogens (primary N) is 2. The highest BCUT2D eigenvalue weighted by molar-refractivity contribution is 6.33. The molecule has 0 aliphatic heterocycles. The van der Waals surface area contributed by atoms with E-state index in [1.807, 2.05) is 48.5 Å². The summed E-state index contributed by atoms with van der Waals surface area (Å²) in [6, 6.07) is 24.7. The van der Waals surface area contributed by atoms with E-state index in [-0.39, 0.29) is 0 Å². The van der Waals surface area contributed by atoms with Gasteiger partial charge >= 0.3 is 0 Å². The highest BCUT2D eigenvalue weighted by Gasteiger charge is 2.05. The molecule has 0 saturated carbocycles. The van der Waals surface area contributed by atoms with E-state index in [1.165, 1.54) is 0 Å². The Kier molecular flexibility index (Phi) is 6.07.